The molecule has 6 rings (SSSR count). The van der Waals surface area contributed by atoms with Gasteiger partial charge in [0.05, 0.1) is 51.7 Å². The SMILES string of the molecule is CC(C)(C(=O)Nc1ccc(C#N)c(C(F)(F)F)c1)n1cc(C#CC2CN(c3cc4c(cc3F)C(=O)N(C3CCC(=O)NC3=O)C4=O)C2)cn1. The minimum atomic E-state index is -4.79. The number of aromatic nitrogens is 2. The van der Waals surface area contributed by atoms with E-state index >= 15 is 4.39 Å². The number of imide groups is 2. The number of nitriles is 1. The summed E-state index contributed by atoms with van der Waals surface area (Å²) in [6, 6.07) is 5.43. The number of rotatable bonds is 5. The summed E-state index contributed by atoms with van der Waals surface area (Å²) in [7, 11) is 0. The second-order valence-electron chi connectivity index (χ2n) is 12.2. The summed E-state index contributed by atoms with van der Waals surface area (Å²) in [5.74, 6) is 1.57. The van der Waals surface area contributed by atoms with Gasteiger partial charge in [0.25, 0.3) is 17.7 Å². The van der Waals surface area contributed by atoms with Crippen LogP contribution in [0, 0.1) is 34.9 Å². The summed E-state index contributed by atoms with van der Waals surface area (Å²) in [5.41, 5.74) is -2.91. The Balaban J connectivity index is 1.10. The van der Waals surface area contributed by atoms with Crippen LogP contribution in [-0.4, -0.2) is 63.3 Å². The van der Waals surface area contributed by atoms with Crippen LogP contribution in [0.5, 0.6) is 0 Å². The molecule has 250 valence electrons. The lowest BCUT2D eigenvalue weighted by Crippen LogP contribution is -2.54. The van der Waals surface area contributed by atoms with E-state index < -0.39 is 64.2 Å². The van der Waals surface area contributed by atoms with Gasteiger partial charge in [0, 0.05) is 31.4 Å². The number of amides is 5. The molecule has 0 spiro atoms. The highest BCUT2D eigenvalue weighted by molar-refractivity contribution is 6.23. The summed E-state index contributed by atoms with van der Waals surface area (Å²) < 4.78 is 56.5. The minimum Gasteiger partial charge on any atom is -0.367 e. The molecule has 1 aromatic heterocycles. The van der Waals surface area contributed by atoms with E-state index in [1.165, 1.54) is 49.1 Å². The van der Waals surface area contributed by atoms with E-state index in [0.29, 0.717) is 24.7 Å². The van der Waals surface area contributed by atoms with Crippen molar-refractivity contribution in [2.45, 2.75) is 44.4 Å². The van der Waals surface area contributed by atoms with Crippen LogP contribution in [0.1, 0.15) is 64.1 Å². The van der Waals surface area contributed by atoms with Gasteiger partial charge in [-0.15, -0.1) is 0 Å². The lowest BCUT2D eigenvalue weighted by Gasteiger charge is -2.38. The van der Waals surface area contributed by atoms with Crippen molar-refractivity contribution in [3.63, 3.8) is 0 Å². The summed E-state index contributed by atoms with van der Waals surface area (Å²) >= 11 is 0. The van der Waals surface area contributed by atoms with E-state index in [2.05, 4.69) is 27.6 Å². The zero-order chi connectivity index (χ0) is 35.4. The van der Waals surface area contributed by atoms with Crippen molar-refractivity contribution in [2.24, 2.45) is 5.92 Å². The van der Waals surface area contributed by atoms with Crippen LogP contribution in [0.2, 0.25) is 0 Å². The van der Waals surface area contributed by atoms with Crippen molar-refractivity contribution in [3.05, 3.63) is 76.4 Å². The number of carbonyl (C=O) groups is 5. The van der Waals surface area contributed by atoms with E-state index in [-0.39, 0.29) is 41.3 Å². The molecule has 0 radical (unpaired) electrons. The first kappa shape index (κ1) is 32.9. The first-order valence-corrected chi connectivity index (χ1v) is 14.9. The Bertz CT molecular complexity index is 2060. The Morgan fingerprint density at radius 1 is 1.06 bits per heavy atom. The monoisotopic (exact) mass is 675 g/mol. The van der Waals surface area contributed by atoms with Crippen LogP contribution >= 0.6 is 0 Å². The summed E-state index contributed by atoms with van der Waals surface area (Å²) in [6.07, 6.45) is -1.93. The molecule has 0 aliphatic carbocycles. The molecule has 3 aliphatic heterocycles. The van der Waals surface area contributed by atoms with E-state index in [9.17, 15) is 37.1 Å². The number of benzene rings is 2. The first-order valence-electron chi connectivity index (χ1n) is 14.9. The number of piperidine rings is 1. The number of hydrogen-bond acceptors (Lipinski definition) is 8. The highest BCUT2D eigenvalue weighted by Crippen LogP contribution is 2.36. The Labute approximate surface area is 275 Å². The van der Waals surface area contributed by atoms with Gasteiger partial charge in [0.15, 0.2) is 0 Å². The van der Waals surface area contributed by atoms with E-state index in [4.69, 9.17) is 5.26 Å². The number of carbonyl (C=O) groups excluding carboxylic acids is 5. The predicted octanol–water partition coefficient (Wildman–Crippen LogP) is 3.18. The highest BCUT2D eigenvalue weighted by Gasteiger charge is 2.45. The van der Waals surface area contributed by atoms with Crippen LogP contribution in [0.15, 0.2) is 42.7 Å². The number of anilines is 2. The number of nitrogens with zero attached hydrogens (tertiary/aromatic N) is 5. The van der Waals surface area contributed by atoms with Crippen molar-refractivity contribution in [1.82, 2.24) is 20.0 Å². The van der Waals surface area contributed by atoms with E-state index in [0.717, 1.165) is 17.0 Å². The van der Waals surface area contributed by atoms with Gasteiger partial charge in [-0.25, -0.2) is 4.39 Å². The van der Waals surface area contributed by atoms with Gasteiger partial charge in [-0.05, 0) is 50.6 Å². The fourth-order valence-corrected chi connectivity index (χ4v) is 5.71. The third kappa shape index (κ3) is 5.97. The van der Waals surface area contributed by atoms with Crippen molar-refractivity contribution in [3.8, 4) is 17.9 Å². The molecule has 2 aromatic carbocycles. The van der Waals surface area contributed by atoms with Crippen LogP contribution in [0.25, 0.3) is 0 Å². The lowest BCUT2D eigenvalue weighted by molar-refractivity contribution is -0.138. The maximum Gasteiger partial charge on any atom is 0.417 e. The highest BCUT2D eigenvalue weighted by atomic mass is 19.4. The fraction of sp³-hybridized carbons (Fsp3) is 0.303. The minimum absolute atomic E-state index is 0.0216. The Kier molecular flexibility index (Phi) is 7.98. The van der Waals surface area contributed by atoms with Gasteiger partial charge in [-0.2, -0.15) is 23.5 Å². The Hall–Kier alpha value is -6.03. The average molecular weight is 676 g/mol. The molecular formula is C33H25F4N7O5. The standard InChI is InChI=1S/C33H25F4N7O5/c1-32(2,31(49)40-20-6-5-19(12-38)23(9-20)33(35,36)37)43-16-17(13-39-43)3-4-18-14-42(15-18)26-11-22-21(10-24(26)34)29(47)44(30(22)48)25-7-8-27(45)41-28(25)46/h5-6,9-11,13,16,18,25H,7-8,14-15H2,1-2H3,(H,40,49)(H,41,45,46). The number of hydrogen-bond donors (Lipinski definition) is 2. The summed E-state index contributed by atoms with van der Waals surface area (Å²) in [5, 5.41) is 17.7. The zero-order valence-electron chi connectivity index (χ0n) is 25.8. The zero-order valence-corrected chi connectivity index (χ0v) is 25.8. The van der Waals surface area contributed by atoms with Crippen molar-refractivity contribution in [2.75, 3.05) is 23.3 Å². The van der Waals surface area contributed by atoms with Crippen LogP contribution in [0.4, 0.5) is 28.9 Å². The van der Waals surface area contributed by atoms with Gasteiger partial charge in [0.1, 0.15) is 17.4 Å². The largest absolute Gasteiger partial charge is 0.417 e. The molecule has 0 bridgehead atoms. The quantitative estimate of drug-likeness (QED) is 0.237. The molecule has 49 heavy (non-hydrogen) atoms. The normalized spacial score (nSPS) is 17.9. The average Bonchev–Trinajstić information content (AvgIpc) is 3.59. The van der Waals surface area contributed by atoms with Gasteiger partial charge in [-0.1, -0.05) is 11.8 Å². The molecule has 2 saturated heterocycles. The van der Waals surface area contributed by atoms with Crippen molar-refractivity contribution in [1.29, 1.82) is 5.26 Å². The fourth-order valence-electron chi connectivity index (χ4n) is 5.71. The first-order chi connectivity index (χ1) is 23.1. The smallest absolute Gasteiger partial charge is 0.367 e. The second-order valence-corrected chi connectivity index (χ2v) is 12.2. The predicted molar refractivity (Wildman–Crippen MR) is 162 cm³/mol. The molecule has 1 atom stereocenters. The number of fused-ring (bicyclic) bond motifs is 1. The molecule has 4 heterocycles. The molecule has 2 N–H and O–H groups in total. The van der Waals surface area contributed by atoms with E-state index in [1.807, 2.05) is 0 Å². The van der Waals surface area contributed by atoms with Gasteiger partial charge >= 0.3 is 6.18 Å². The van der Waals surface area contributed by atoms with Gasteiger partial charge in [-0.3, -0.25) is 38.9 Å². The number of halogens is 4. The van der Waals surface area contributed by atoms with Gasteiger partial charge < -0.3 is 10.2 Å². The molecular weight excluding hydrogens is 650 g/mol. The number of alkyl halides is 3. The lowest BCUT2D eigenvalue weighted by atomic mass is 9.98. The van der Waals surface area contributed by atoms with Crippen molar-refractivity contribution < 1.29 is 41.5 Å². The summed E-state index contributed by atoms with van der Waals surface area (Å²) in [4.78, 5) is 65.3. The Morgan fingerprint density at radius 3 is 2.41 bits per heavy atom. The topological polar surface area (TPSA) is 158 Å². The number of nitrogens with one attached hydrogen (secondary N) is 2. The molecule has 0 saturated carbocycles. The second kappa shape index (κ2) is 11.9. The molecule has 3 aliphatic rings. The molecule has 3 aromatic rings. The molecule has 1 unspecified atom stereocenters. The molecule has 5 amide bonds. The Morgan fingerprint density at radius 2 is 1.76 bits per heavy atom. The third-order valence-corrected chi connectivity index (χ3v) is 8.56. The summed E-state index contributed by atoms with van der Waals surface area (Å²) in [6.45, 7) is 3.62. The van der Waals surface area contributed by atoms with Crippen LogP contribution in [-0.2, 0) is 26.1 Å². The van der Waals surface area contributed by atoms with Crippen LogP contribution < -0.4 is 15.5 Å². The van der Waals surface area contributed by atoms with E-state index in [1.54, 1.807) is 4.90 Å². The molecule has 2 fully saturated rings. The third-order valence-electron chi connectivity index (χ3n) is 8.56. The van der Waals surface area contributed by atoms with Crippen molar-refractivity contribution >= 4 is 40.9 Å². The van der Waals surface area contributed by atoms with Gasteiger partial charge in [0.2, 0.25) is 11.8 Å². The maximum atomic E-state index is 15.1. The maximum absolute atomic E-state index is 15.1. The molecule has 12 nitrogen and oxygen atoms in total. The van der Waals surface area contributed by atoms with Crippen LogP contribution in [0.3, 0.4) is 0 Å². The molecule has 16 heteroatoms.